The second kappa shape index (κ2) is 8.94. The summed E-state index contributed by atoms with van der Waals surface area (Å²) in [6.07, 6.45) is 6.18. The zero-order valence-corrected chi connectivity index (χ0v) is 18.6. The van der Waals surface area contributed by atoms with Crippen LogP contribution in [0.2, 0.25) is 0 Å². The maximum atomic E-state index is 13.2. The highest BCUT2D eigenvalue weighted by Crippen LogP contribution is 2.31. The SMILES string of the molecule is COc1ccc(Cn2c(O)c(C=Nc3cccc4c3CCCC4)c3ccccc3c2=O)cc1. The number of benzene rings is 3. The van der Waals surface area contributed by atoms with Crippen molar-refractivity contribution in [2.24, 2.45) is 4.99 Å². The van der Waals surface area contributed by atoms with E-state index in [9.17, 15) is 9.90 Å². The third-order valence-electron chi connectivity index (χ3n) is 6.39. The van der Waals surface area contributed by atoms with Gasteiger partial charge in [0.1, 0.15) is 5.75 Å². The molecule has 5 rings (SSSR count). The third kappa shape index (κ3) is 4.02. The van der Waals surface area contributed by atoms with Crippen molar-refractivity contribution in [1.29, 1.82) is 0 Å². The van der Waals surface area contributed by atoms with E-state index in [0.29, 0.717) is 16.3 Å². The Balaban J connectivity index is 1.61. The number of aliphatic imine (C=N–C) groups is 1. The molecule has 1 heterocycles. The maximum absolute atomic E-state index is 13.2. The van der Waals surface area contributed by atoms with Crippen LogP contribution in [0.3, 0.4) is 0 Å². The Morgan fingerprint density at radius 2 is 1.73 bits per heavy atom. The minimum absolute atomic E-state index is 0.0805. The van der Waals surface area contributed by atoms with E-state index in [2.05, 4.69) is 6.07 Å². The topological polar surface area (TPSA) is 63.8 Å². The normalized spacial score (nSPS) is 13.4. The van der Waals surface area contributed by atoms with Gasteiger partial charge in [-0.15, -0.1) is 0 Å². The van der Waals surface area contributed by atoms with Gasteiger partial charge in [-0.1, -0.05) is 42.5 Å². The van der Waals surface area contributed by atoms with Gasteiger partial charge in [0.15, 0.2) is 0 Å². The van der Waals surface area contributed by atoms with Crippen molar-refractivity contribution in [3.8, 4) is 11.6 Å². The van der Waals surface area contributed by atoms with Crippen LogP contribution in [0.1, 0.15) is 35.1 Å². The van der Waals surface area contributed by atoms with E-state index in [4.69, 9.17) is 9.73 Å². The molecule has 0 unspecified atom stereocenters. The summed E-state index contributed by atoms with van der Waals surface area (Å²) in [5.41, 5.74) is 4.79. The molecule has 0 spiro atoms. The van der Waals surface area contributed by atoms with Crippen LogP contribution in [0.25, 0.3) is 10.8 Å². The van der Waals surface area contributed by atoms with Crippen LogP contribution in [-0.2, 0) is 19.4 Å². The fourth-order valence-corrected chi connectivity index (χ4v) is 4.62. The second-order valence-corrected chi connectivity index (χ2v) is 8.40. The van der Waals surface area contributed by atoms with Crippen LogP contribution in [0.4, 0.5) is 5.69 Å². The first-order chi connectivity index (χ1) is 16.2. The van der Waals surface area contributed by atoms with Crippen molar-refractivity contribution in [1.82, 2.24) is 4.57 Å². The summed E-state index contributed by atoms with van der Waals surface area (Å²) in [4.78, 5) is 18.0. The maximum Gasteiger partial charge on any atom is 0.261 e. The molecule has 1 aromatic heterocycles. The highest BCUT2D eigenvalue weighted by atomic mass is 16.5. The Bertz CT molecular complexity index is 1400. The largest absolute Gasteiger partial charge is 0.497 e. The number of fused-ring (bicyclic) bond motifs is 2. The predicted molar refractivity (Wildman–Crippen MR) is 132 cm³/mol. The van der Waals surface area contributed by atoms with E-state index < -0.39 is 0 Å². The summed E-state index contributed by atoms with van der Waals surface area (Å²) >= 11 is 0. The smallest absolute Gasteiger partial charge is 0.261 e. The quantitative estimate of drug-likeness (QED) is 0.425. The van der Waals surface area contributed by atoms with E-state index in [0.717, 1.165) is 29.8 Å². The van der Waals surface area contributed by atoms with E-state index in [1.807, 2.05) is 54.6 Å². The van der Waals surface area contributed by atoms with E-state index >= 15 is 0 Å². The summed E-state index contributed by atoms with van der Waals surface area (Å²) in [6, 6.07) is 21.1. The lowest BCUT2D eigenvalue weighted by Gasteiger charge is -2.17. The number of rotatable bonds is 5. The molecule has 1 aliphatic rings. The molecule has 0 bridgehead atoms. The fourth-order valence-electron chi connectivity index (χ4n) is 4.62. The minimum Gasteiger partial charge on any atom is -0.497 e. The predicted octanol–water partition coefficient (Wildman–Crippen LogP) is 5.39. The summed E-state index contributed by atoms with van der Waals surface area (Å²) in [6.45, 7) is 0.251. The molecule has 0 aliphatic heterocycles. The Kier molecular flexibility index (Phi) is 5.69. The molecule has 0 atom stereocenters. The molecule has 0 fully saturated rings. The number of methoxy groups -OCH3 is 1. The molecule has 0 amide bonds. The Hall–Kier alpha value is -3.86. The second-order valence-electron chi connectivity index (χ2n) is 8.40. The van der Waals surface area contributed by atoms with E-state index in [-0.39, 0.29) is 18.0 Å². The summed E-state index contributed by atoms with van der Waals surface area (Å²) in [7, 11) is 1.62. The molecule has 5 heteroatoms. The number of ether oxygens (including phenoxy) is 1. The lowest BCUT2D eigenvalue weighted by Crippen LogP contribution is -2.22. The zero-order valence-electron chi connectivity index (χ0n) is 18.6. The minimum atomic E-state index is -0.229. The Morgan fingerprint density at radius 3 is 2.52 bits per heavy atom. The molecule has 166 valence electrons. The van der Waals surface area contributed by atoms with Gasteiger partial charge in [-0.25, -0.2) is 0 Å². The Morgan fingerprint density at radius 1 is 0.970 bits per heavy atom. The number of nitrogens with zero attached hydrogens (tertiary/aromatic N) is 2. The van der Waals surface area contributed by atoms with Crippen LogP contribution in [-0.4, -0.2) is 23.0 Å². The molecule has 0 saturated heterocycles. The first kappa shape index (κ1) is 21.0. The van der Waals surface area contributed by atoms with Crippen LogP contribution in [0, 0.1) is 0 Å². The van der Waals surface area contributed by atoms with Crippen molar-refractivity contribution in [3.05, 3.63) is 99.3 Å². The van der Waals surface area contributed by atoms with Crippen LogP contribution in [0.15, 0.2) is 76.5 Å². The van der Waals surface area contributed by atoms with Gasteiger partial charge in [0.05, 0.1) is 24.9 Å². The van der Waals surface area contributed by atoms with E-state index in [1.54, 1.807) is 19.4 Å². The number of hydrogen-bond donors (Lipinski definition) is 1. The molecule has 1 N–H and O–H groups in total. The van der Waals surface area contributed by atoms with Crippen molar-refractivity contribution < 1.29 is 9.84 Å². The molecule has 0 radical (unpaired) electrons. The zero-order chi connectivity index (χ0) is 22.8. The van der Waals surface area contributed by atoms with Gasteiger partial charge in [-0.2, -0.15) is 0 Å². The number of aryl methyl sites for hydroxylation is 1. The lowest BCUT2D eigenvalue weighted by atomic mass is 9.90. The molecule has 3 aromatic carbocycles. The van der Waals surface area contributed by atoms with Crippen molar-refractivity contribution in [3.63, 3.8) is 0 Å². The Labute approximate surface area is 192 Å². The summed E-state index contributed by atoms with van der Waals surface area (Å²) in [5.74, 6) is 0.663. The first-order valence-electron chi connectivity index (χ1n) is 11.3. The highest BCUT2D eigenvalue weighted by molar-refractivity contribution is 6.02. The van der Waals surface area contributed by atoms with Gasteiger partial charge in [-0.3, -0.25) is 14.4 Å². The van der Waals surface area contributed by atoms with Crippen molar-refractivity contribution in [2.45, 2.75) is 32.2 Å². The van der Waals surface area contributed by atoms with Crippen LogP contribution >= 0.6 is 0 Å². The van der Waals surface area contributed by atoms with Crippen molar-refractivity contribution >= 4 is 22.7 Å². The monoisotopic (exact) mass is 438 g/mol. The number of aromatic hydroxyl groups is 1. The lowest BCUT2D eigenvalue weighted by molar-refractivity contribution is 0.412. The van der Waals surface area contributed by atoms with Gasteiger partial charge in [0.2, 0.25) is 5.88 Å². The first-order valence-corrected chi connectivity index (χ1v) is 11.3. The average molecular weight is 439 g/mol. The number of hydrogen-bond acceptors (Lipinski definition) is 4. The molecular weight excluding hydrogens is 412 g/mol. The average Bonchev–Trinajstić information content (AvgIpc) is 2.87. The van der Waals surface area contributed by atoms with Gasteiger partial charge in [-0.05, 0) is 66.6 Å². The number of aromatic nitrogens is 1. The van der Waals surface area contributed by atoms with Gasteiger partial charge < -0.3 is 9.84 Å². The van der Waals surface area contributed by atoms with Crippen molar-refractivity contribution in [2.75, 3.05) is 7.11 Å². The van der Waals surface area contributed by atoms with Gasteiger partial charge in [0.25, 0.3) is 5.56 Å². The molecule has 1 aliphatic carbocycles. The standard InChI is InChI=1S/C28H26N2O3/c1-33-21-15-13-19(14-16-21)18-30-27(31)24-11-5-4-10-23(24)25(28(30)32)17-29-26-12-6-8-20-7-2-3-9-22(20)26/h4-6,8,10-17,32H,2-3,7,9,18H2,1H3. The molecule has 0 saturated carbocycles. The van der Waals surface area contributed by atoms with E-state index in [1.165, 1.54) is 28.5 Å². The molecular formula is C28H26N2O3. The summed E-state index contributed by atoms with van der Waals surface area (Å²) in [5, 5.41) is 12.4. The molecule has 5 nitrogen and oxygen atoms in total. The van der Waals surface area contributed by atoms with Gasteiger partial charge in [0, 0.05) is 17.0 Å². The third-order valence-corrected chi connectivity index (χ3v) is 6.39. The van der Waals surface area contributed by atoms with Crippen LogP contribution in [0.5, 0.6) is 11.6 Å². The van der Waals surface area contributed by atoms with Crippen LogP contribution < -0.4 is 10.3 Å². The fraction of sp³-hybridized carbons (Fsp3) is 0.214. The highest BCUT2D eigenvalue weighted by Gasteiger charge is 2.16. The number of pyridine rings is 1. The molecule has 33 heavy (non-hydrogen) atoms. The van der Waals surface area contributed by atoms with Gasteiger partial charge >= 0.3 is 0 Å². The summed E-state index contributed by atoms with van der Waals surface area (Å²) < 4.78 is 6.63. The molecule has 4 aromatic rings.